The van der Waals surface area contributed by atoms with Crippen LogP contribution in [0.15, 0.2) is 12.3 Å². The highest BCUT2D eigenvalue weighted by molar-refractivity contribution is 7.99. The topological polar surface area (TPSA) is 59.0 Å². The maximum Gasteiger partial charge on any atom is 0.272 e. The molecular weight excluding hydrogens is 332 g/mol. The molecule has 5 nitrogen and oxygen atoms in total. The number of nitrogens with zero attached hydrogens (tertiary/aromatic N) is 2. The average Bonchev–Trinajstić information content (AvgIpc) is 3.19. The van der Waals surface area contributed by atoms with Gasteiger partial charge in [-0.1, -0.05) is 13.3 Å². The van der Waals surface area contributed by atoms with Crippen molar-refractivity contribution in [3.63, 3.8) is 0 Å². The van der Waals surface area contributed by atoms with Crippen LogP contribution >= 0.6 is 24.2 Å². The Balaban J connectivity index is 0.00000192. The fraction of sp³-hybridized carbons (Fsp3) is 0.750. The molecule has 3 atom stereocenters. The van der Waals surface area contributed by atoms with Crippen LogP contribution in [-0.4, -0.2) is 45.8 Å². The average molecular weight is 359 g/mol. The van der Waals surface area contributed by atoms with Gasteiger partial charge in [0, 0.05) is 24.0 Å². The highest BCUT2D eigenvalue weighted by Crippen LogP contribution is 2.30. The van der Waals surface area contributed by atoms with Crippen LogP contribution in [0.2, 0.25) is 0 Å². The molecule has 0 bridgehead atoms. The lowest BCUT2D eigenvalue weighted by Crippen LogP contribution is -2.39. The molecule has 3 rings (SSSR count). The van der Waals surface area contributed by atoms with Gasteiger partial charge in [0.15, 0.2) is 0 Å². The van der Waals surface area contributed by atoms with E-state index in [1.54, 1.807) is 0 Å². The largest absolute Gasteiger partial charge is 0.347 e. The van der Waals surface area contributed by atoms with Gasteiger partial charge in [-0.2, -0.15) is 16.9 Å². The third kappa shape index (κ3) is 4.64. The molecule has 1 saturated heterocycles. The number of thioether (sulfide) groups is 1. The van der Waals surface area contributed by atoms with Gasteiger partial charge in [-0.15, -0.1) is 12.4 Å². The number of rotatable bonds is 5. The van der Waals surface area contributed by atoms with E-state index in [2.05, 4.69) is 22.7 Å². The van der Waals surface area contributed by atoms with E-state index in [1.165, 1.54) is 19.3 Å². The quantitative estimate of drug-likeness (QED) is 0.849. The minimum atomic E-state index is -0.0175. The molecule has 130 valence electrons. The Bertz CT molecular complexity index is 504. The van der Waals surface area contributed by atoms with Gasteiger partial charge in [-0.3, -0.25) is 9.48 Å². The molecule has 1 amide bonds. The van der Waals surface area contributed by atoms with Crippen molar-refractivity contribution in [3.05, 3.63) is 18.0 Å². The number of hydrogen-bond acceptors (Lipinski definition) is 4. The first-order valence-electron chi connectivity index (χ1n) is 8.46. The SMILES string of the molecule is CCSC1CCCC1NC(=O)c1ccn(C2CCCNC2)n1.Cl. The van der Waals surface area contributed by atoms with Gasteiger partial charge in [0.1, 0.15) is 5.69 Å². The maximum atomic E-state index is 12.4. The second kappa shape index (κ2) is 8.94. The number of halogens is 1. The summed E-state index contributed by atoms with van der Waals surface area (Å²) in [4.78, 5) is 12.4. The molecule has 0 radical (unpaired) electrons. The monoisotopic (exact) mass is 358 g/mol. The molecule has 3 unspecified atom stereocenters. The minimum absolute atomic E-state index is 0. The van der Waals surface area contributed by atoms with Crippen molar-refractivity contribution in [1.82, 2.24) is 20.4 Å². The maximum absolute atomic E-state index is 12.4. The van der Waals surface area contributed by atoms with Crippen molar-refractivity contribution in [2.45, 2.75) is 56.4 Å². The molecule has 2 aliphatic rings. The molecule has 1 aromatic heterocycles. The molecule has 1 aliphatic carbocycles. The second-order valence-corrected chi connectivity index (χ2v) is 7.70. The summed E-state index contributed by atoms with van der Waals surface area (Å²) < 4.78 is 1.95. The van der Waals surface area contributed by atoms with Crippen LogP contribution < -0.4 is 10.6 Å². The molecule has 1 saturated carbocycles. The van der Waals surface area contributed by atoms with E-state index in [0.717, 1.165) is 31.7 Å². The second-order valence-electron chi connectivity index (χ2n) is 6.19. The molecule has 2 fully saturated rings. The lowest BCUT2D eigenvalue weighted by atomic mass is 10.1. The molecule has 1 aromatic rings. The molecule has 2 N–H and O–H groups in total. The van der Waals surface area contributed by atoms with Crippen LogP contribution in [0, 0.1) is 0 Å². The number of carbonyl (C=O) groups excluding carboxylic acids is 1. The van der Waals surface area contributed by atoms with Crippen molar-refractivity contribution in [2.24, 2.45) is 0 Å². The van der Waals surface area contributed by atoms with Gasteiger partial charge in [0.2, 0.25) is 0 Å². The first kappa shape index (κ1) is 18.6. The van der Waals surface area contributed by atoms with Gasteiger partial charge in [0.25, 0.3) is 5.91 Å². The van der Waals surface area contributed by atoms with E-state index in [1.807, 2.05) is 28.7 Å². The first-order valence-corrected chi connectivity index (χ1v) is 9.51. The molecule has 1 aliphatic heterocycles. The van der Waals surface area contributed by atoms with Crippen LogP contribution in [0.3, 0.4) is 0 Å². The van der Waals surface area contributed by atoms with Crippen molar-refractivity contribution in [2.75, 3.05) is 18.8 Å². The van der Waals surface area contributed by atoms with E-state index < -0.39 is 0 Å². The summed E-state index contributed by atoms with van der Waals surface area (Å²) in [5.41, 5.74) is 0.553. The Labute approximate surface area is 148 Å². The zero-order valence-electron chi connectivity index (χ0n) is 13.7. The molecule has 23 heavy (non-hydrogen) atoms. The Hall–Kier alpha value is -0.720. The fourth-order valence-corrected chi connectivity index (χ4v) is 4.67. The molecule has 2 heterocycles. The third-order valence-corrected chi connectivity index (χ3v) is 5.96. The van der Waals surface area contributed by atoms with Gasteiger partial charge in [0.05, 0.1) is 6.04 Å². The third-order valence-electron chi connectivity index (χ3n) is 4.64. The zero-order chi connectivity index (χ0) is 15.4. The van der Waals surface area contributed by atoms with Crippen LogP contribution in [0.1, 0.15) is 55.6 Å². The van der Waals surface area contributed by atoms with Gasteiger partial charge in [-0.05, 0) is 44.0 Å². The van der Waals surface area contributed by atoms with Crippen LogP contribution in [-0.2, 0) is 0 Å². The van der Waals surface area contributed by atoms with E-state index in [4.69, 9.17) is 0 Å². The van der Waals surface area contributed by atoms with Crippen molar-refractivity contribution in [3.8, 4) is 0 Å². The molecular formula is C16H27ClN4OS. The number of carbonyl (C=O) groups is 1. The fourth-order valence-electron chi connectivity index (χ4n) is 3.47. The number of nitrogens with one attached hydrogen (secondary N) is 2. The summed E-state index contributed by atoms with van der Waals surface area (Å²) in [6.07, 6.45) is 7.77. The molecule has 7 heteroatoms. The normalized spacial score (nSPS) is 27.4. The zero-order valence-corrected chi connectivity index (χ0v) is 15.3. The standard InChI is InChI=1S/C16H26N4OS.ClH/c1-2-22-15-7-3-6-13(15)18-16(21)14-8-10-20(19-14)12-5-4-9-17-11-12;/h8,10,12-13,15,17H,2-7,9,11H2,1H3,(H,18,21);1H. The summed E-state index contributed by atoms with van der Waals surface area (Å²) >= 11 is 1.96. The van der Waals surface area contributed by atoms with Gasteiger partial charge < -0.3 is 10.6 Å². The summed E-state index contributed by atoms with van der Waals surface area (Å²) in [6, 6.07) is 2.53. The number of piperidine rings is 1. The van der Waals surface area contributed by atoms with Gasteiger partial charge >= 0.3 is 0 Å². The Morgan fingerprint density at radius 3 is 3.04 bits per heavy atom. The predicted octanol–water partition coefficient (Wildman–Crippen LogP) is 2.63. The summed E-state index contributed by atoms with van der Waals surface area (Å²) in [5, 5.41) is 11.7. The van der Waals surface area contributed by atoms with E-state index in [0.29, 0.717) is 23.0 Å². The van der Waals surface area contributed by atoms with E-state index in [-0.39, 0.29) is 18.3 Å². The minimum Gasteiger partial charge on any atom is -0.347 e. The smallest absolute Gasteiger partial charge is 0.272 e. The first-order chi connectivity index (χ1) is 10.8. The van der Waals surface area contributed by atoms with Crippen LogP contribution in [0.4, 0.5) is 0 Å². The lowest BCUT2D eigenvalue weighted by molar-refractivity contribution is 0.0932. The molecule has 0 spiro atoms. The van der Waals surface area contributed by atoms with Crippen LogP contribution in [0.25, 0.3) is 0 Å². The van der Waals surface area contributed by atoms with Crippen molar-refractivity contribution >= 4 is 30.1 Å². The Morgan fingerprint density at radius 1 is 1.43 bits per heavy atom. The van der Waals surface area contributed by atoms with Crippen LogP contribution in [0.5, 0.6) is 0 Å². The van der Waals surface area contributed by atoms with Crippen molar-refractivity contribution in [1.29, 1.82) is 0 Å². The number of aromatic nitrogens is 2. The summed E-state index contributed by atoms with van der Waals surface area (Å²) in [7, 11) is 0. The van der Waals surface area contributed by atoms with Gasteiger partial charge in [-0.25, -0.2) is 0 Å². The summed E-state index contributed by atoms with van der Waals surface area (Å²) in [6.45, 7) is 4.21. The Morgan fingerprint density at radius 2 is 2.30 bits per heavy atom. The molecule has 0 aromatic carbocycles. The lowest BCUT2D eigenvalue weighted by Gasteiger charge is -2.23. The highest BCUT2D eigenvalue weighted by Gasteiger charge is 2.29. The number of amides is 1. The van der Waals surface area contributed by atoms with E-state index >= 15 is 0 Å². The summed E-state index contributed by atoms with van der Waals surface area (Å²) in [5.74, 6) is 1.09. The number of hydrogen-bond donors (Lipinski definition) is 2. The highest BCUT2D eigenvalue weighted by atomic mass is 35.5. The predicted molar refractivity (Wildman–Crippen MR) is 97.6 cm³/mol. The Kier molecular flexibility index (Phi) is 7.24. The van der Waals surface area contributed by atoms with E-state index in [9.17, 15) is 4.79 Å². The van der Waals surface area contributed by atoms with Crippen molar-refractivity contribution < 1.29 is 4.79 Å².